The molecular weight excluding hydrogens is 530 g/mol. The van der Waals surface area contributed by atoms with Gasteiger partial charge in [-0.05, 0) is 65.2 Å². The molecule has 8 nitrogen and oxygen atoms in total. The van der Waals surface area contributed by atoms with Gasteiger partial charge in [0.05, 0.1) is 22.7 Å². The average Bonchev–Trinajstić information content (AvgIpc) is 3.07. The van der Waals surface area contributed by atoms with E-state index < -0.39 is 35.5 Å². The second kappa shape index (κ2) is 8.65. The molecule has 5 rings (SSSR count). The van der Waals surface area contributed by atoms with Gasteiger partial charge in [-0.3, -0.25) is 28.9 Å². The number of ketones is 2. The number of nitrogens with zero attached hydrogens (tertiary/aromatic N) is 1. The van der Waals surface area contributed by atoms with E-state index in [4.69, 9.17) is 5.11 Å². The third kappa shape index (κ3) is 3.59. The van der Waals surface area contributed by atoms with Crippen LogP contribution in [0.1, 0.15) is 41.9 Å². The number of carbonyl (C=O) groups excluding carboxylic acids is 4. The molecule has 4 aliphatic rings. The fourth-order valence-corrected chi connectivity index (χ4v) is 6.68. The standard InChI is InChI=1S/C27H24BrNO7/c1-11-7-13(8-12(2)24(11)33)21-14-3-4-15-22(27(36)29(26(15)35)6-5-20(31)32)16(14)9-17-23(21)19(30)10-18(28)25(17)34/h3,7-8,10,15-16,21-22,33H,4-6,9H2,1-2H3,(H,31,32)/t15-,16+,21-,22-/m0/s1. The highest BCUT2D eigenvalue weighted by Gasteiger charge is 2.56. The maximum Gasteiger partial charge on any atom is 0.305 e. The number of halogens is 1. The van der Waals surface area contributed by atoms with E-state index in [0.717, 1.165) is 16.0 Å². The topological polar surface area (TPSA) is 129 Å². The third-order valence-electron chi connectivity index (χ3n) is 7.82. The lowest BCUT2D eigenvalue weighted by atomic mass is 9.59. The molecule has 0 aromatic heterocycles. The summed E-state index contributed by atoms with van der Waals surface area (Å²) in [7, 11) is 0. The molecule has 1 saturated heterocycles. The molecule has 4 atom stereocenters. The van der Waals surface area contributed by atoms with Crippen LogP contribution in [0, 0.1) is 31.6 Å². The number of carbonyl (C=O) groups is 5. The second-order valence-electron chi connectivity index (χ2n) is 9.87. The second-order valence-corrected chi connectivity index (χ2v) is 10.7. The van der Waals surface area contributed by atoms with Gasteiger partial charge >= 0.3 is 5.97 Å². The monoisotopic (exact) mass is 553 g/mol. The molecule has 2 N–H and O–H groups in total. The number of likely N-dealkylation sites (tertiary alicyclic amines) is 1. The number of Topliss-reactive ketones (excluding diaryl/α,β-unsaturated/α-hetero) is 1. The number of fused-ring (bicyclic) bond motifs is 3. The van der Waals surface area contributed by atoms with E-state index in [1.54, 1.807) is 26.0 Å². The molecule has 3 aliphatic carbocycles. The number of carboxylic acid groups (broad SMARTS) is 1. The van der Waals surface area contributed by atoms with Crippen LogP contribution in [0.3, 0.4) is 0 Å². The minimum atomic E-state index is -1.10. The molecule has 1 aliphatic heterocycles. The summed E-state index contributed by atoms with van der Waals surface area (Å²) in [5.41, 5.74) is 3.50. The van der Waals surface area contributed by atoms with E-state index in [-0.39, 0.29) is 47.1 Å². The molecule has 1 fully saturated rings. The zero-order valence-electron chi connectivity index (χ0n) is 19.7. The first kappa shape index (κ1) is 24.4. The lowest BCUT2D eigenvalue weighted by Gasteiger charge is -2.42. The SMILES string of the molecule is Cc1cc([C@H]2C3=CC[C@@H]4C(=O)N(CCC(=O)O)C(=O)[C@@H]4[C@@H]3CC3=C2C(=O)C=C(Br)C3=O)cc(C)c1O. The third-order valence-corrected chi connectivity index (χ3v) is 8.41. The van der Waals surface area contributed by atoms with Crippen molar-refractivity contribution in [3.8, 4) is 5.75 Å². The Morgan fingerprint density at radius 3 is 2.39 bits per heavy atom. The van der Waals surface area contributed by atoms with Gasteiger partial charge < -0.3 is 10.2 Å². The minimum absolute atomic E-state index is 0.147. The quantitative estimate of drug-likeness (QED) is 0.332. The van der Waals surface area contributed by atoms with Crippen LogP contribution >= 0.6 is 15.9 Å². The van der Waals surface area contributed by atoms with Crippen LogP contribution in [0.25, 0.3) is 0 Å². The van der Waals surface area contributed by atoms with Crippen LogP contribution in [-0.4, -0.2) is 51.0 Å². The molecule has 1 aromatic rings. The summed E-state index contributed by atoms with van der Waals surface area (Å²) in [5.74, 6) is -4.80. The van der Waals surface area contributed by atoms with Crippen molar-refractivity contribution >= 4 is 45.3 Å². The zero-order chi connectivity index (χ0) is 26.0. The van der Waals surface area contributed by atoms with Crippen LogP contribution in [0.4, 0.5) is 0 Å². The number of aliphatic carboxylic acids is 1. The highest BCUT2D eigenvalue weighted by Crippen LogP contribution is 2.55. The number of hydrogen-bond donors (Lipinski definition) is 2. The molecule has 0 saturated carbocycles. The Balaban J connectivity index is 1.65. The molecule has 1 heterocycles. The van der Waals surface area contributed by atoms with Crippen molar-refractivity contribution in [3.05, 3.63) is 62.2 Å². The van der Waals surface area contributed by atoms with E-state index in [1.165, 1.54) is 6.08 Å². The number of phenols is 1. The highest BCUT2D eigenvalue weighted by molar-refractivity contribution is 9.12. The first-order chi connectivity index (χ1) is 17.0. The molecule has 0 radical (unpaired) electrons. The Bertz CT molecular complexity index is 1340. The van der Waals surface area contributed by atoms with Crippen molar-refractivity contribution in [1.82, 2.24) is 4.90 Å². The smallest absolute Gasteiger partial charge is 0.305 e. The number of carboxylic acids is 1. The number of allylic oxidation sites excluding steroid dienone is 6. The van der Waals surface area contributed by atoms with Gasteiger partial charge in [0, 0.05) is 29.7 Å². The number of benzene rings is 1. The normalized spacial score (nSPS) is 27.5. The maximum absolute atomic E-state index is 13.4. The van der Waals surface area contributed by atoms with E-state index in [1.807, 2.05) is 6.08 Å². The van der Waals surface area contributed by atoms with E-state index in [9.17, 15) is 29.1 Å². The zero-order valence-corrected chi connectivity index (χ0v) is 21.3. The Morgan fingerprint density at radius 1 is 1.08 bits per heavy atom. The van der Waals surface area contributed by atoms with Crippen molar-refractivity contribution in [2.75, 3.05) is 6.54 Å². The largest absolute Gasteiger partial charge is 0.507 e. The number of phenolic OH excluding ortho intramolecular Hbond substituents is 1. The Labute approximate surface area is 215 Å². The molecular formula is C27H24BrNO7. The van der Waals surface area contributed by atoms with Crippen molar-refractivity contribution in [3.63, 3.8) is 0 Å². The Morgan fingerprint density at radius 2 is 1.75 bits per heavy atom. The first-order valence-electron chi connectivity index (χ1n) is 11.8. The summed E-state index contributed by atoms with van der Waals surface area (Å²) in [6.45, 7) is 3.33. The molecule has 9 heteroatoms. The van der Waals surface area contributed by atoms with Crippen molar-refractivity contribution < 1.29 is 34.2 Å². The summed E-state index contributed by atoms with van der Waals surface area (Å²) < 4.78 is 0.153. The predicted octanol–water partition coefficient (Wildman–Crippen LogP) is 3.25. The number of imide groups is 1. The lowest BCUT2D eigenvalue weighted by Crippen LogP contribution is -2.39. The minimum Gasteiger partial charge on any atom is -0.507 e. The number of hydrogen-bond acceptors (Lipinski definition) is 6. The Hall–Kier alpha value is -3.33. The fraction of sp³-hybridized carbons (Fsp3) is 0.370. The molecule has 36 heavy (non-hydrogen) atoms. The number of aromatic hydroxyl groups is 1. The van der Waals surface area contributed by atoms with Crippen LogP contribution in [0.5, 0.6) is 5.75 Å². The molecule has 1 aromatic carbocycles. The van der Waals surface area contributed by atoms with Crippen molar-refractivity contribution in [2.24, 2.45) is 17.8 Å². The van der Waals surface area contributed by atoms with Gasteiger partial charge in [-0.2, -0.15) is 0 Å². The molecule has 0 bridgehead atoms. The van der Waals surface area contributed by atoms with Gasteiger partial charge in [-0.25, -0.2) is 0 Å². The summed E-state index contributed by atoms with van der Waals surface area (Å²) >= 11 is 3.20. The highest BCUT2D eigenvalue weighted by atomic mass is 79.9. The van der Waals surface area contributed by atoms with Crippen LogP contribution in [0.2, 0.25) is 0 Å². The van der Waals surface area contributed by atoms with Gasteiger partial charge in [0.2, 0.25) is 11.8 Å². The molecule has 0 spiro atoms. The van der Waals surface area contributed by atoms with Crippen molar-refractivity contribution in [2.45, 2.75) is 39.0 Å². The van der Waals surface area contributed by atoms with E-state index in [2.05, 4.69) is 15.9 Å². The van der Waals surface area contributed by atoms with Gasteiger partial charge in [-0.1, -0.05) is 23.8 Å². The maximum atomic E-state index is 13.4. The summed E-state index contributed by atoms with van der Waals surface area (Å²) in [4.78, 5) is 65.1. The fourth-order valence-electron chi connectivity index (χ4n) is 6.24. The van der Waals surface area contributed by atoms with Crippen LogP contribution < -0.4 is 0 Å². The van der Waals surface area contributed by atoms with Gasteiger partial charge in [0.1, 0.15) is 5.75 Å². The van der Waals surface area contributed by atoms with E-state index >= 15 is 0 Å². The predicted molar refractivity (Wildman–Crippen MR) is 131 cm³/mol. The van der Waals surface area contributed by atoms with Gasteiger partial charge in [0.15, 0.2) is 11.6 Å². The summed E-state index contributed by atoms with van der Waals surface area (Å²) in [6, 6.07) is 3.58. The van der Waals surface area contributed by atoms with Crippen molar-refractivity contribution in [1.29, 1.82) is 0 Å². The van der Waals surface area contributed by atoms with Crippen LogP contribution in [-0.2, 0) is 24.0 Å². The molecule has 0 unspecified atom stereocenters. The molecule has 2 amide bonds. The first-order valence-corrected chi connectivity index (χ1v) is 12.6. The van der Waals surface area contributed by atoms with Crippen LogP contribution in [0.15, 0.2) is 45.5 Å². The number of aryl methyl sites for hydroxylation is 2. The Kier molecular flexibility index (Phi) is 5.86. The number of amides is 2. The molecule has 186 valence electrons. The number of rotatable bonds is 4. The van der Waals surface area contributed by atoms with Gasteiger partial charge in [0.25, 0.3) is 0 Å². The lowest BCUT2D eigenvalue weighted by molar-refractivity contribution is -0.142. The van der Waals surface area contributed by atoms with Gasteiger partial charge in [-0.15, -0.1) is 0 Å². The summed E-state index contributed by atoms with van der Waals surface area (Å²) in [5, 5.41) is 19.4. The summed E-state index contributed by atoms with van der Waals surface area (Å²) in [6.07, 6.45) is 3.29. The van der Waals surface area contributed by atoms with E-state index in [0.29, 0.717) is 28.7 Å². The average molecular weight is 554 g/mol.